The maximum absolute atomic E-state index is 12.3. The van der Waals surface area contributed by atoms with Gasteiger partial charge in [-0.3, -0.25) is 0 Å². The Kier molecular flexibility index (Phi) is 2.96. The number of nitrogens with one attached hydrogen (secondary N) is 1. The third kappa shape index (κ3) is 2.82. The van der Waals surface area contributed by atoms with Gasteiger partial charge in [0, 0.05) is 5.69 Å². The van der Waals surface area contributed by atoms with Gasteiger partial charge < -0.3 is 5.32 Å². The van der Waals surface area contributed by atoms with E-state index in [1.54, 1.807) is 0 Å². The van der Waals surface area contributed by atoms with Crippen molar-refractivity contribution < 1.29 is 13.2 Å². The van der Waals surface area contributed by atoms with Crippen LogP contribution in [0.15, 0.2) is 24.3 Å². The van der Waals surface area contributed by atoms with E-state index in [0.717, 1.165) is 0 Å². The second-order valence-corrected chi connectivity index (χ2v) is 2.28. The quantitative estimate of drug-likeness (QED) is 0.744. The molecule has 0 aliphatic heterocycles. The van der Waals surface area contributed by atoms with E-state index in [1.807, 2.05) is 0 Å². The molecule has 12 heavy (non-hydrogen) atoms. The Balaban J connectivity index is 2.48. The molecule has 0 amide bonds. The van der Waals surface area contributed by atoms with Gasteiger partial charge in [0.05, 0.1) is 6.54 Å². The minimum absolute atomic E-state index is 0.377. The van der Waals surface area contributed by atoms with Crippen LogP contribution in [0.5, 0.6) is 0 Å². The lowest BCUT2D eigenvalue weighted by molar-refractivity contribution is 0.163. The molecule has 0 fully saturated rings. The van der Waals surface area contributed by atoms with Gasteiger partial charge in [-0.25, -0.2) is 13.2 Å². The van der Waals surface area contributed by atoms with E-state index in [9.17, 15) is 13.2 Å². The van der Waals surface area contributed by atoms with Gasteiger partial charge in [-0.2, -0.15) is 0 Å². The summed E-state index contributed by atoms with van der Waals surface area (Å²) < 4.78 is 35.6. The van der Waals surface area contributed by atoms with Gasteiger partial charge in [0.1, 0.15) is 5.82 Å². The molecule has 4 heteroatoms. The molecule has 0 unspecified atom stereocenters. The number of rotatable bonds is 3. The fraction of sp³-hybridized carbons (Fsp3) is 0.250. The molecule has 0 radical (unpaired) electrons. The van der Waals surface area contributed by atoms with Crippen LogP contribution >= 0.6 is 0 Å². The van der Waals surface area contributed by atoms with Gasteiger partial charge in [-0.05, 0) is 24.3 Å². The van der Waals surface area contributed by atoms with Gasteiger partial charge >= 0.3 is 0 Å². The summed E-state index contributed by atoms with van der Waals surface area (Å²) in [5, 5.41) is 2.45. The van der Waals surface area contributed by atoms with Crippen molar-refractivity contribution in [2.24, 2.45) is 0 Å². The van der Waals surface area contributed by atoms with Gasteiger partial charge in [-0.15, -0.1) is 0 Å². The van der Waals surface area contributed by atoms with Crippen LogP contribution in [0.2, 0.25) is 0 Å². The van der Waals surface area contributed by atoms with Crippen molar-refractivity contribution in [1.29, 1.82) is 0 Å². The van der Waals surface area contributed by atoms with Crippen molar-refractivity contribution in [1.82, 2.24) is 0 Å². The lowest BCUT2D eigenvalue weighted by Crippen LogP contribution is -2.09. The Morgan fingerprint density at radius 2 is 1.75 bits per heavy atom. The summed E-state index contributed by atoms with van der Waals surface area (Å²) in [6.45, 7) is -0.411. The maximum Gasteiger partial charge on any atom is 0.255 e. The molecule has 0 aromatic heterocycles. The molecule has 1 aromatic carbocycles. The zero-order valence-corrected chi connectivity index (χ0v) is 6.23. The smallest absolute Gasteiger partial charge is 0.255 e. The molecule has 0 saturated carbocycles. The van der Waals surface area contributed by atoms with Crippen molar-refractivity contribution in [2.45, 2.75) is 6.43 Å². The molecule has 1 aromatic rings. The van der Waals surface area contributed by atoms with Gasteiger partial charge in [-0.1, -0.05) is 0 Å². The van der Waals surface area contributed by atoms with Crippen LogP contribution in [0.3, 0.4) is 0 Å². The van der Waals surface area contributed by atoms with Crippen molar-refractivity contribution in [2.75, 3.05) is 11.9 Å². The van der Waals surface area contributed by atoms with Crippen molar-refractivity contribution in [3.63, 3.8) is 0 Å². The Hall–Kier alpha value is -1.19. The zero-order valence-electron chi connectivity index (χ0n) is 6.23. The van der Waals surface area contributed by atoms with E-state index in [2.05, 4.69) is 5.32 Å². The first-order valence-electron chi connectivity index (χ1n) is 3.46. The largest absolute Gasteiger partial charge is 0.379 e. The molecular weight excluding hydrogens is 167 g/mol. The fourth-order valence-corrected chi connectivity index (χ4v) is 0.763. The second-order valence-electron chi connectivity index (χ2n) is 2.28. The van der Waals surface area contributed by atoms with Crippen LogP contribution in [-0.4, -0.2) is 13.0 Å². The summed E-state index contributed by atoms with van der Waals surface area (Å²) >= 11 is 0. The van der Waals surface area contributed by atoms with Gasteiger partial charge in [0.2, 0.25) is 0 Å². The number of alkyl halides is 2. The normalized spacial score (nSPS) is 10.3. The van der Waals surface area contributed by atoms with Crippen LogP contribution in [-0.2, 0) is 0 Å². The van der Waals surface area contributed by atoms with Gasteiger partial charge in [0.25, 0.3) is 6.43 Å². The zero-order chi connectivity index (χ0) is 8.97. The highest BCUT2D eigenvalue weighted by Gasteiger charge is 2.00. The minimum atomic E-state index is -2.39. The predicted molar refractivity (Wildman–Crippen MR) is 40.9 cm³/mol. The highest BCUT2D eigenvalue weighted by Crippen LogP contribution is 2.08. The van der Waals surface area contributed by atoms with Gasteiger partial charge in [0.15, 0.2) is 0 Å². The number of halogens is 3. The monoisotopic (exact) mass is 175 g/mol. The Morgan fingerprint density at radius 1 is 1.17 bits per heavy atom. The molecule has 0 atom stereocenters. The standard InChI is InChI=1S/C8H8F3N/c9-6-1-3-7(4-2-6)12-5-8(10)11/h1-4,8,12H,5H2. The van der Waals surface area contributed by atoms with E-state index in [1.165, 1.54) is 24.3 Å². The van der Waals surface area contributed by atoms with E-state index in [0.29, 0.717) is 5.69 Å². The first-order chi connectivity index (χ1) is 5.68. The minimum Gasteiger partial charge on any atom is -0.379 e. The highest BCUT2D eigenvalue weighted by atomic mass is 19.3. The predicted octanol–water partition coefficient (Wildman–Crippen LogP) is 2.50. The summed E-state index contributed by atoms with van der Waals surface area (Å²) in [4.78, 5) is 0. The van der Waals surface area contributed by atoms with Crippen LogP contribution in [0.1, 0.15) is 0 Å². The molecule has 66 valence electrons. The average Bonchev–Trinajstić information content (AvgIpc) is 2.03. The molecule has 0 bridgehead atoms. The molecule has 1 N–H and O–H groups in total. The molecule has 0 spiro atoms. The fourth-order valence-electron chi connectivity index (χ4n) is 0.763. The average molecular weight is 175 g/mol. The molecule has 1 rings (SSSR count). The SMILES string of the molecule is Fc1ccc(NCC(F)F)cc1. The topological polar surface area (TPSA) is 12.0 Å². The number of anilines is 1. The molecule has 0 aliphatic rings. The number of hydrogen-bond acceptors (Lipinski definition) is 1. The van der Waals surface area contributed by atoms with Crippen molar-refractivity contribution in [3.8, 4) is 0 Å². The number of hydrogen-bond donors (Lipinski definition) is 1. The third-order valence-electron chi connectivity index (χ3n) is 1.30. The summed E-state index contributed by atoms with van der Waals surface area (Å²) in [6.07, 6.45) is -2.39. The van der Waals surface area contributed by atoms with Crippen LogP contribution in [0.25, 0.3) is 0 Å². The van der Waals surface area contributed by atoms with E-state index in [4.69, 9.17) is 0 Å². The lowest BCUT2D eigenvalue weighted by atomic mass is 10.3. The third-order valence-corrected chi connectivity index (χ3v) is 1.30. The molecule has 0 aliphatic carbocycles. The second kappa shape index (κ2) is 3.99. The van der Waals surface area contributed by atoms with Crippen LogP contribution in [0, 0.1) is 5.82 Å². The van der Waals surface area contributed by atoms with Crippen LogP contribution < -0.4 is 5.32 Å². The Labute approximate surface area is 68.2 Å². The number of benzene rings is 1. The lowest BCUT2D eigenvalue weighted by Gasteiger charge is -2.04. The van der Waals surface area contributed by atoms with E-state index >= 15 is 0 Å². The molecule has 0 heterocycles. The summed E-state index contributed by atoms with van der Waals surface area (Å²) in [5.74, 6) is -0.377. The summed E-state index contributed by atoms with van der Waals surface area (Å²) in [6, 6.07) is 5.26. The van der Waals surface area contributed by atoms with E-state index < -0.39 is 13.0 Å². The van der Waals surface area contributed by atoms with Crippen molar-refractivity contribution >= 4 is 5.69 Å². The van der Waals surface area contributed by atoms with Crippen LogP contribution in [0.4, 0.5) is 18.9 Å². The van der Waals surface area contributed by atoms with Crippen molar-refractivity contribution in [3.05, 3.63) is 30.1 Å². The summed E-state index contributed by atoms with van der Waals surface area (Å²) in [7, 11) is 0. The maximum atomic E-state index is 12.3. The van der Waals surface area contributed by atoms with E-state index in [-0.39, 0.29) is 5.82 Å². The highest BCUT2D eigenvalue weighted by molar-refractivity contribution is 5.42. The molecule has 0 saturated heterocycles. The Morgan fingerprint density at radius 3 is 2.25 bits per heavy atom. The first-order valence-corrected chi connectivity index (χ1v) is 3.46. The summed E-state index contributed by atoms with van der Waals surface area (Å²) in [5.41, 5.74) is 0.497. The molecule has 1 nitrogen and oxygen atoms in total. The first kappa shape index (κ1) is 8.90. The molecular formula is C8H8F3N. The Bertz CT molecular complexity index is 233.